The quantitative estimate of drug-likeness (QED) is 0.152. The molecule has 8 aromatic carbocycles. The van der Waals surface area contributed by atoms with Gasteiger partial charge in [-0.05, 0) is 97.1 Å². The van der Waals surface area contributed by atoms with Crippen molar-refractivity contribution in [1.29, 1.82) is 0 Å². The highest BCUT2D eigenvalue weighted by atomic mass is 16.3. The molecular weight excluding hydrogens is 593 g/mol. The van der Waals surface area contributed by atoms with E-state index in [0.717, 1.165) is 35.0 Å². The number of para-hydroxylation sites is 1. The van der Waals surface area contributed by atoms with Crippen LogP contribution in [0.4, 0.5) is 0 Å². The Morgan fingerprint density at radius 1 is 0.388 bits per heavy atom. The monoisotopic (exact) mass is 632 g/mol. The van der Waals surface area contributed by atoms with Crippen LogP contribution < -0.4 is 0 Å². The van der Waals surface area contributed by atoms with Crippen LogP contribution in [0.15, 0.2) is 138 Å². The molecule has 0 saturated heterocycles. The van der Waals surface area contributed by atoms with Gasteiger partial charge in [0.05, 0.1) is 0 Å². The molecule has 0 aliphatic rings. The predicted octanol–water partition coefficient (Wildman–Crippen LogP) is 14.2. The molecule has 1 heterocycles. The van der Waals surface area contributed by atoms with Crippen molar-refractivity contribution >= 4 is 65.0 Å². The molecule has 0 unspecified atom stereocenters. The van der Waals surface area contributed by atoms with Crippen molar-refractivity contribution in [1.82, 2.24) is 0 Å². The van der Waals surface area contributed by atoms with Gasteiger partial charge in [0, 0.05) is 21.9 Å². The molecule has 0 N–H and O–H groups in total. The molecule has 0 radical (unpaired) electrons. The molecule has 0 amide bonds. The fraction of sp³-hybridized carbons (Fsp3) is 0.167. The third-order valence-electron chi connectivity index (χ3n) is 10.7. The van der Waals surface area contributed by atoms with Crippen LogP contribution in [-0.4, -0.2) is 0 Å². The molecular formula is C48H40O. The fourth-order valence-corrected chi connectivity index (χ4v) is 8.52. The highest BCUT2D eigenvalue weighted by molar-refractivity contribution is 6.25. The van der Waals surface area contributed by atoms with Gasteiger partial charge >= 0.3 is 0 Å². The van der Waals surface area contributed by atoms with Crippen LogP contribution in [-0.2, 0) is 12.8 Å². The number of unbranched alkanes of at least 4 members (excludes halogenated alkanes) is 2. The van der Waals surface area contributed by atoms with Crippen LogP contribution in [0, 0.1) is 0 Å². The van der Waals surface area contributed by atoms with Crippen molar-refractivity contribution in [2.75, 3.05) is 0 Å². The molecule has 0 aliphatic heterocycles. The number of hydrogen-bond acceptors (Lipinski definition) is 1. The van der Waals surface area contributed by atoms with Crippen molar-refractivity contribution < 1.29 is 4.42 Å². The Hall–Kier alpha value is -5.40. The van der Waals surface area contributed by atoms with Crippen LogP contribution >= 0.6 is 0 Å². The minimum absolute atomic E-state index is 0.927. The summed E-state index contributed by atoms with van der Waals surface area (Å²) in [5.74, 6) is 0. The lowest BCUT2D eigenvalue weighted by Gasteiger charge is -2.18. The first-order chi connectivity index (χ1) is 24.3. The summed E-state index contributed by atoms with van der Waals surface area (Å²) in [5.41, 5.74) is 9.73. The van der Waals surface area contributed by atoms with Crippen molar-refractivity contribution in [3.8, 4) is 22.3 Å². The third-order valence-corrected chi connectivity index (χ3v) is 10.7. The normalized spacial score (nSPS) is 12.0. The second kappa shape index (κ2) is 12.2. The highest BCUT2D eigenvalue weighted by Gasteiger charge is 2.22. The second-order valence-corrected chi connectivity index (χ2v) is 13.6. The number of benzene rings is 8. The highest BCUT2D eigenvalue weighted by Crippen LogP contribution is 2.48. The SMILES string of the molecule is CCCCc1c2ccccc2c(-c2cccc3c2oc2cccc(-c4c5ccccc5c(CCCC)c5ccccc45)c23)c2ccccc12. The third kappa shape index (κ3) is 4.67. The Kier molecular flexibility index (Phi) is 7.42. The van der Waals surface area contributed by atoms with Crippen molar-refractivity contribution in [3.63, 3.8) is 0 Å². The van der Waals surface area contributed by atoms with Gasteiger partial charge < -0.3 is 4.42 Å². The Labute approximate surface area is 287 Å². The van der Waals surface area contributed by atoms with Gasteiger partial charge in [-0.15, -0.1) is 0 Å². The Balaban J connectivity index is 1.37. The molecule has 0 fully saturated rings. The van der Waals surface area contributed by atoms with Crippen LogP contribution in [0.1, 0.15) is 50.7 Å². The van der Waals surface area contributed by atoms with E-state index in [1.165, 1.54) is 102 Å². The summed E-state index contributed by atoms with van der Waals surface area (Å²) < 4.78 is 6.99. The molecule has 0 saturated carbocycles. The Morgan fingerprint density at radius 2 is 0.776 bits per heavy atom. The molecule has 1 nitrogen and oxygen atoms in total. The zero-order chi connectivity index (χ0) is 32.9. The summed E-state index contributed by atoms with van der Waals surface area (Å²) in [5, 5.41) is 13.0. The molecule has 0 atom stereocenters. The van der Waals surface area contributed by atoms with Gasteiger partial charge in [0.2, 0.25) is 0 Å². The Bertz CT molecular complexity index is 2570. The lowest BCUT2D eigenvalue weighted by molar-refractivity contribution is 0.670. The van der Waals surface area contributed by atoms with E-state index in [4.69, 9.17) is 4.42 Å². The van der Waals surface area contributed by atoms with E-state index in [9.17, 15) is 0 Å². The van der Waals surface area contributed by atoms with E-state index in [1.54, 1.807) is 0 Å². The van der Waals surface area contributed by atoms with E-state index in [0.29, 0.717) is 0 Å². The maximum Gasteiger partial charge on any atom is 0.143 e. The number of furan rings is 1. The molecule has 1 heteroatoms. The first kappa shape index (κ1) is 29.7. The number of hydrogen-bond donors (Lipinski definition) is 0. The summed E-state index contributed by atoms with van der Waals surface area (Å²) in [4.78, 5) is 0. The van der Waals surface area contributed by atoms with Gasteiger partial charge in [-0.1, -0.05) is 154 Å². The van der Waals surface area contributed by atoms with Gasteiger partial charge in [-0.25, -0.2) is 0 Å². The van der Waals surface area contributed by atoms with Crippen LogP contribution in [0.2, 0.25) is 0 Å². The average molecular weight is 633 g/mol. The summed E-state index contributed by atoms with van der Waals surface area (Å²) in [6.07, 6.45) is 6.88. The van der Waals surface area contributed by atoms with Crippen molar-refractivity contribution in [3.05, 3.63) is 145 Å². The first-order valence-corrected chi connectivity index (χ1v) is 18.1. The van der Waals surface area contributed by atoms with Crippen LogP contribution in [0.3, 0.4) is 0 Å². The molecule has 0 spiro atoms. The topological polar surface area (TPSA) is 13.1 Å². The summed E-state index contributed by atoms with van der Waals surface area (Å²) in [6, 6.07) is 49.4. The van der Waals surface area contributed by atoms with E-state index < -0.39 is 0 Å². The van der Waals surface area contributed by atoms with E-state index in [2.05, 4.69) is 147 Å². The molecule has 0 bridgehead atoms. The molecule has 49 heavy (non-hydrogen) atoms. The number of fused-ring (bicyclic) bond motifs is 7. The molecule has 1 aromatic heterocycles. The summed E-state index contributed by atoms with van der Waals surface area (Å²) in [6.45, 7) is 4.56. The van der Waals surface area contributed by atoms with Crippen LogP contribution in [0.25, 0.3) is 87.3 Å². The van der Waals surface area contributed by atoms with Gasteiger partial charge in [0.15, 0.2) is 0 Å². The largest absolute Gasteiger partial charge is 0.455 e. The summed E-state index contributed by atoms with van der Waals surface area (Å²) in [7, 11) is 0. The molecule has 238 valence electrons. The zero-order valence-corrected chi connectivity index (χ0v) is 28.4. The first-order valence-electron chi connectivity index (χ1n) is 18.1. The fourth-order valence-electron chi connectivity index (χ4n) is 8.52. The standard InChI is InChI=1S/C48H40O/c1-3-5-17-31-33-19-7-11-23-37(33)45(38-24-12-8-20-34(31)38)41-27-16-30-44-47(41)43-29-15-28-42(48(43)49-44)46-39-25-13-9-21-35(39)32(18-6-4-2)36-22-10-14-26-40(36)46/h7-16,19-30H,3-6,17-18H2,1-2H3. The maximum absolute atomic E-state index is 6.99. The smallest absolute Gasteiger partial charge is 0.143 e. The minimum atomic E-state index is 0.927. The van der Waals surface area contributed by atoms with Gasteiger partial charge in [-0.3, -0.25) is 0 Å². The zero-order valence-electron chi connectivity index (χ0n) is 28.4. The summed E-state index contributed by atoms with van der Waals surface area (Å²) >= 11 is 0. The lowest BCUT2D eigenvalue weighted by atomic mass is 9.85. The van der Waals surface area contributed by atoms with Crippen molar-refractivity contribution in [2.45, 2.75) is 52.4 Å². The minimum Gasteiger partial charge on any atom is -0.455 e. The lowest BCUT2D eigenvalue weighted by Crippen LogP contribution is -1.94. The van der Waals surface area contributed by atoms with Gasteiger partial charge in [0.25, 0.3) is 0 Å². The molecule has 0 aliphatic carbocycles. The maximum atomic E-state index is 6.99. The molecule has 9 rings (SSSR count). The number of rotatable bonds is 8. The van der Waals surface area contributed by atoms with E-state index >= 15 is 0 Å². The van der Waals surface area contributed by atoms with Crippen molar-refractivity contribution in [2.24, 2.45) is 0 Å². The van der Waals surface area contributed by atoms with E-state index in [1.807, 2.05) is 0 Å². The van der Waals surface area contributed by atoms with Gasteiger partial charge in [0.1, 0.15) is 11.2 Å². The van der Waals surface area contributed by atoms with Gasteiger partial charge in [-0.2, -0.15) is 0 Å². The number of aryl methyl sites for hydroxylation is 2. The predicted molar refractivity (Wildman–Crippen MR) is 212 cm³/mol. The molecule has 9 aromatic rings. The van der Waals surface area contributed by atoms with Crippen LogP contribution in [0.5, 0.6) is 0 Å². The second-order valence-electron chi connectivity index (χ2n) is 13.6. The van der Waals surface area contributed by atoms with E-state index in [-0.39, 0.29) is 0 Å². The average Bonchev–Trinajstić information content (AvgIpc) is 3.55. The Morgan fingerprint density at radius 3 is 1.24 bits per heavy atom.